The Morgan fingerprint density at radius 2 is 1.72 bits per heavy atom. The van der Waals surface area contributed by atoms with E-state index in [4.69, 9.17) is 10.1 Å². The molecule has 0 aliphatic carbocycles. The number of nitrogens with zero attached hydrogens (tertiary/aromatic N) is 2. The maximum absolute atomic E-state index is 13.9. The minimum atomic E-state index is -4.00. The zero-order chi connectivity index (χ0) is 23.4. The minimum Gasteiger partial charge on any atom is -0.487 e. The number of amidine groups is 1. The molecule has 1 unspecified atom stereocenters. The van der Waals surface area contributed by atoms with Crippen LogP contribution in [-0.2, 0) is 16.3 Å². The molecule has 172 valence electrons. The second-order valence-corrected chi connectivity index (χ2v) is 11.5. The Morgan fingerprint density at radius 1 is 1.06 bits per heavy atom. The lowest BCUT2D eigenvalue weighted by Crippen LogP contribution is -2.51. The third kappa shape index (κ3) is 3.71. The van der Waals surface area contributed by atoms with E-state index >= 15 is 0 Å². The maximum Gasteiger partial charge on any atom is 0.239 e. The largest absolute Gasteiger partial charge is 0.487 e. The number of benzene rings is 2. The van der Waals surface area contributed by atoms with Crippen LogP contribution in [0.15, 0.2) is 35.2 Å². The molecule has 32 heavy (non-hydrogen) atoms. The van der Waals surface area contributed by atoms with Gasteiger partial charge in [-0.05, 0) is 63.9 Å². The lowest BCUT2D eigenvalue weighted by molar-refractivity contribution is 0.137. The van der Waals surface area contributed by atoms with E-state index in [1.165, 1.54) is 0 Å². The quantitative estimate of drug-likeness (QED) is 0.547. The molecule has 2 aliphatic rings. The molecule has 4 rings (SSSR count). The van der Waals surface area contributed by atoms with Crippen molar-refractivity contribution >= 4 is 15.0 Å². The Kier molecular flexibility index (Phi) is 5.62. The van der Waals surface area contributed by atoms with Crippen LogP contribution < -0.4 is 4.74 Å². The molecule has 6 nitrogen and oxygen atoms in total. The molecule has 2 aromatic rings. The number of piperazine rings is 1. The van der Waals surface area contributed by atoms with Crippen molar-refractivity contribution < 1.29 is 13.2 Å². The molecular formula is C25H33N3O3S. The van der Waals surface area contributed by atoms with Gasteiger partial charge >= 0.3 is 0 Å². The van der Waals surface area contributed by atoms with Crippen molar-refractivity contribution in [1.29, 1.82) is 5.41 Å². The standard InChI is InChI=1S/C25H33N3O3S/c1-16-17(2)23(18(3)20-14-25(4,5)31-22(16)20)32(29,30)24(26)28-13-12-27(6)15-21(28)19-10-8-7-9-11-19/h7-11,21,26H,12-15H2,1-6H3. The highest BCUT2D eigenvalue weighted by Crippen LogP contribution is 2.44. The molecule has 1 saturated heterocycles. The van der Waals surface area contributed by atoms with Crippen LogP contribution in [0.2, 0.25) is 0 Å². The van der Waals surface area contributed by atoms with Gasteiger partial charge in [0.25, 0.3) is 0 Å². The summed E-state index contributed by atoms with van der Waals surface area (Å²) in [6.45, 7) is 11.5. The number of nitrogens with one attached hydrogen (secondary N) is 1. The summed E-state index contributed by atoms with van der Waals surface area (Å²) in [5.74, 6) is 0.803. The molecule has 1 N–H and O–H groups in total. The van der Waals surface area contributed by atoms with E-state index in [0.717, 1.165) is 22.4 Å². The number of fused-ring (bicyclic) bond motifs is 1. The van der Waals surface area contributed by atoms with Gasteiger partial charge in [0.15, 0.2) is 0 Å². The molecule has 0 aromatic heterocycles. The van der Waals surface area contributed by atoms with Gasteiger partial charge < -0.3 is 14.5 Å². The van der Waals surface area contributed by atoms with Crippen molar-refractivity contribution in [2.24, 2.45) is 0 Å². The van der Waals surface area contributed by atoms with E-state index in [1.54, 1.807) is 4.90 Å². The molecule has 2 aromatic carbocycles. The van der Waals surface area contributed by atoms with Gasteiger partial charge in [0, 0.05) is 31.6 Å². The van der Waals surface area contributed by atoms with Crippen LogP contribution in [0.4, 0.5) is 0 Å². The second kappa shape index (κ2) is 7.89. The fraction of sp³-hybridized carbons (Fsp3) is 0.480. The minimum absolute atomic E-state index is 0.185. The van der Waals surface area contributed by atoms with Gasteiger partial charge in [-0.1, -0.05) is 30.3 Å². The van der Waals surface area contributed by atoms with Gasteiger partial charge in [-0.2, -0.15) is 0 Å². The smallest absolute Gasteiger partial charge is 0.239 e. The van der Waals surface area contributed by atoms with E-state index in [-0.39, 0.29) is 21.7 Å². The van der Waals surface area contributed by atoms with E-state index in [2.05, 4.69) is 4.90 Å². The van der Waals surface area contributed by atoms with Crippen molar-refractivity contribution in [2.75, 3.05) is 26.7 Å². The first-order valence-electron chi connectivity index (χ1n) is 11.1. The summed E-state index contributed by atoms with van der Waals surface area (Å²) >= 11 is 0. The SMILES string of the molecule is Cc1c(C)c(S(=O)(=O)C(=N)N2CCN(C)CC2c2ccccc2)c(C)c2c1OC(C)(C)C2. The Morgan fingerprint density at radius 3 is 2.38 bits per heavy atom. The first-order chi connectivity index (χ1) is 14.9. The monoisotopic (exact) mass is 455 g/mol. The number of hydrogen-bond donors (Lipinski definition) is 1. The topological polar surface area (TPSA) is 73.7 Å². The van der Waals surface area contributed by atoms with Crippen LogP contribution in [0.1, 0.15) is 47.7 Å². The predicted octanol–water partition coefficient (Wildman–Crippen LogP) is 4.02. The fourth-order valence-electron chi connectivity index (χ4n) is 5.02. The molecule has 0 bridgehead atoms. The average molecular weight is 456 g/mol. The normalized spacial score (nSPS) is 20.7. The number of ether oxygens (including phenoxy) is 1. The van der Waals surface area contributed by atoms with Crippen LogP contribution >= 0.6 is 0 Å². The van der Waals surface area contributed by atoms with Gasteiger partial charge in [0.1, 0.15) is 11.4 Å². The van der Waals surface area contributed by atoms with Gasteiger partial charge in [-0.15, -0.1) is 0 Å². The Bertz CT molecular complexity index is 1170. The third-order valence-electron chi connectivity index (χ3n) is 6.84. The summed E-state index contributed by atoms with van der Waals surface area (Å²) < 4.78 is 34.0. The predicted molar refractivity (Wildman–Crippen MR) is 127 cm³/mol. The number of sulfone groups is 1. The molecule has 2 heterocycles. The van der Waals surface area contributed by atoms with Gasteiger partial charge in [-0.25, -0.2) is 8.42 Å². The van der Waals surface area contributed by atoms with Crippen molar-refractivity contribution in [3.05, 3.63) is 58.1 Å². The van der Waals surface area contributed by atoms with Crippen LogP contribution in [0.5, 0.6) is 5.75 Å². The fourth-order valence-corrected chi connectivity index (χ4v) is 6.82. The van der Waals surface area contributed by atoms with E-state index in [1.807, 2.05) is 72.0 Å². The summed E-state index contributed by atoms with van der Waals surface area (Å²) in [5.41, 5.74) is 3.84. The number of hydrogen-bond acceptors (Lipinski definition) is 5. The zero-order valence-corrected chi connectivity index (χ0v) is 20.6. The highest BCUT2D eigenvalue weighted by atomic mass is 32.2. The van der Waals surface area contributed by atoms with Crippen molar-refractivity contribution in [2.45, 2.75) is 57.6 Å². The molecule has 2 aliphatic heterocycles. The summed E-state index contributed by atoms with van der Waals surface area (Å²) in [5, 5.41) is 8.58. The lowest BCUT2D eigenvalue weighted by Gasteiger charge is -2.41. The molecule has 0 spiro atoms. The van der Waals surface area contributed by atoms with Crippen LogP contribution in [0.25, 0.3) is 0 Å². The Hall–Kier alpha value is -2.38. The average Bonchev–Trinajstić information content (AvgIpc) is 3.08. The summed E-state index contributed by atoms with van der Waals surface area (Å²) in [6.07, 6.45) is 0.659. The van der Waals surface area contributed by atoms with Crippen molar-refractivity contribution in [3.8, 4) is 5.75 Å². The van der Waals surface area contributed by atoms with E-state index in [0.29, 0.717) is 37.2 Å². The molecule has 0 saturated carbocycles. The van der Waals surface area contributed by atoms with Crippen LogP contribution in [0, 0.1) is 26.2 Å². The molecule has 0 radical (unpaired) electrons. The van der Waals surface area contributed by atoms with Gasteiger partial charge in [0.2, 0.25) is 15.0 Å². The van der Waals surface area contributed by atoms with Gasteiger partial charge in [-0.3, -0.25) is 5.41 Å². The molecule has 1 atom stereocenters. The summed E-state index contributed by atoms with van der Waals surface area (Å²) in [7, 11) is -1.97. The Balaban J connectivity index is 1.79. The Labute approximate surface area is 191 Å². The third-order valence-corrected chi connectivity index (χ3v) is 8.74. The number of likely N-dealkylation sites (N-methyl/N-ethyl adjacent to an activating group) is 1. The van der Waals surface area contributed by atoms with Gasteiger partial charge in [0.05, 0.1) is 10.9 Å². The lowest BCUT2D eigenvalue weighted by atomic mass is 9.94. The molecule has 1 fully saturated rings. The van der Waals surface area contributed by atoms with Crippen LogP contribution in [0.3, 0.4) is 0 Å². The van der Waals surface area contributed by atoms with Crippen LogP contribution in [-0.4, -0.2) is 55.7 Å². The molecule has 7 heteroatoms. The summed E-state index contributed by atoms with van der Waals surface area (Å²) in [4.78, 5) is 4.21. The summed E-state index contributed by atoms with van der Waals surface area (Å²) in [6, 6.07) is 9.70. The second-order valence-electron chi connectivity index (χ2n) is 9.74. The maximum atomic E-state index is 13.9. The highest BCUT2D eigenvalue weighted by molar-refractivity contribution is 8.06. The first kappa shape index (κ1) is 22.8. The zero-order valence-electron chi connectivity index (χ0n) is 19.8. The van der Waals surface area contributed by atoms with E-state index in [9.17, 15) is 8.42 Å². The molecular weight excluding hydrogens is 422 g/mol. The number of rotatable bonds is 2. The molecule has 0 amide bonds. The van der Waals surface area contributed by atoms with E-state index < -0.39 is 9.84 Å². The highest BCUT2D eigenvalue weighted by Gasteiger charge is 2.40. The first-order valence-corrected chi connectivity index (χ1v) is 12.6. The van der Waals surface area contributed by atoms with Crippen molar-refractivity contribution in [3.63, 3.8) is 0 Å². The van der Waals surface area contributed by atoms with Crippen molar-refractivity contribution in [1.82, 2.24) is 9.80 Å².